The largest absolute Gasteiger partial charge is 2.00 e. The maximum Gasteiger partial charge on any atom is 2.00 e. The molecule has 1 radical (unpaired) electrons. The van der Waals surface area contributed by atoms with Gasteiger partial charge < -0.3 is 0 Å². The monoisotopic (exact) mass is 467 g/mol. The molecule has 0 heterocycles. The first-order chi connectivity index (χ1) is 10.4. The van der Waals surface area contributed by atoms with Crippen LogP contribution >= 0.6 is 0 Å². The van der Waals surface area contributed by atoms with Crippen molar-refractivity contribution in [1.82, 2.24) is 0 Å². The van der Waals surface area contributed by atoms with Crippen molar-refractivity contribution in [3.05, 3.63) is 48.6 Å². The van der Waals surface area contributed by atoms with Crippen molar-refractivity contribution >= 4 is 30.1 Å². The van der Waals surface area contributed by atoms with Gasteiger partial charge in [0.2, 0.25) is 0 Å². The van der Waals surface area contributed by atoms with Crippen molar-refractivity contribution in [3.8, 4) is 0 Å². The molecular formula is C19H37Si4Zr. The normalized spacial score (nSPS) is 15.6. The molecule has 0 amide bonds. The van der Waals surface area contributed by atoms with Crippen LogP contribution in [0.4, 0.5) is 0 Å². The molecule has 0 spiro atoms. The van der Waals surface area contributed by atoms with E-state index in [0.29, 0.717) is 0 Å². The standard InChI is InChI=1S/C9H27Si4.2C5H5.Zr/c1-11(2,3)10(12(4,5)6)13(7,8)9;2*1-2-4-5-3-1;/h1-9H3;2*1-3H,4H2;/q;2*-1;+2. The Morgan fingerprint density at radius 3 is 0.958 bits per heavy atom. The quantitative estimate of drug-likeness (QED) is 0.335. The summed E-state index contributed by atoms with van der Waals surface area (Å²) in [6.45, 7) is 23.5. The van der Waals surface area contributed by atoms with Crippen molar-refractivity contribution < 1.29 is 26.2 Å². The van der Waals surface area contributed by atoms with E-state index in [4.69, 9.17) is 0 Å². The Hall–Kier alpha value is 0.711. The van der Waals surface area contributed by atoms with Gasteiger partial charge in [-0.2, -0.15) is 12.2 Å². The van der Waals surface area contributed by atoms with Crippen LogP contribution in [0.3, 0.4) is 0 Å². The van der Waals surface area contributed by atoms with E-state index in [9.17, 15) is 0 Å². The van der Waals surface area contributed by atoms with E-state index in [2.05, 4.69) is 83.2 Å². The second-order valence-corrected chi connectivity index (χ2v) is 45.9. The zero-order valence-electron chi connectivity index (χ0n) is 17.4. The molecule has 0 saturated carbocycles. The summed E-state index contributed by atoms with van der Waals surface area (Å²) in [6.07, 6.45) is 20.0. The minimum Gasteiger partial charge on any atom is -0.273 e. The van der Waals surface area contributed by atoms with Crippen molar-refractivity contribution in [3.63, 3.8) is 0 Å². The van der Waals surface area contributed by atoms with Gasteiger partial charge in [0.05, 0.1) is 0 Å². The summed E-state index contributed by atoms with van der Waals surface area (Å²) < 4.78 is 0. The summed E-state index contributed by atoms with van der Waals surface area (Å²) in [5.41, 5.74) is 0. The van der Waals surface area contributed by atoms with E-state index >= 15 is 0 Å². The minimum atomic E-state index is -0.832. The van der Waals surface area contributed by atoms with Gasteiger partial charge in [0, 0.05) is 30.1 Å². The minimum absolute atomic E-state index is 0. The third-order valence-electron chi connectivity index (χ3n) is 3.42. The number of allylic oxidation sites excluding steroid dienone is 8. The van der Waals surface area contributed by atoms with Gasteiger partial charge in [-0.05, 0) is 0 Å². The Morgan fingerprint density at radius 1 is 0.625 bits per heavy atom. The Balaban J connectivity index is 0. The van der Waals surface area contributed by atoms with Crippen LogP contribution in [0.2, 0.25) is 58.9 Å². The molecule has 2 aliphatic carbocycles. The van der Waals surface area contributed by atoms with E-state index in [-0.39, 0.29) is 33.6 Å². The Labute approximate surface area is 175 Å². The summed E-state index contributed by atoms with van der Waals surface area (Å²) in [6, 6.07) is 0. The molecule has 0 atom stereocenters. The van der Waals surface area contributed by atoms with Gasteiger partial charge >= 0.3 is 26.2 Å². The van der Waals surface area contributed by atoms with Crippen LogP contribution in [0, 0.1) is 12.2 Å². The summed E-state index contributed by atoms with van der Waals surface area (Å²) in [5.74, 6) is 0. The molecule has 133 valence electrons. The summed E-state index contributed by atoms with van der Waals surface area (Å²) >= 11 is 0. The second-order valence-electron chi connectivity index (χ2n) is 9.13. The first kappa shape index (κ1) is 26.9. The van der Waals surface area contributed by atoms with Crippen LogP contribution in [0.15, 0.2) is 36.5 Å². The predicted octanol–water partition coefficient (Wildman–Crippen LogP) is 6.34. The van der Waals surface area contributed by atoms with E-state index in [1.165, 1.54) is 0 Å². The molecule has 0 fully saturated rings. The topological polar surface area (TPSA) is 0 Å². The first-order valence-corrected chi connectivity index (χ1v) is 23.7. The molecule has 2 rings (SSSR count). The number of hydrogen-bond donors (Lipinski definition) is 0. The maximum absolute atomic E-state index is 2.99. The molecule has 2 aliphatic rings. The van der Waals surface area contributed by atoms with E-state index in [1.54, 1.807) is 0 Å². The average Bonchev–Trinajstić information content (AvgIpc) is 3.03. The Bertz CT molecular complexity index is 368. The van der Waals surface area contributed by atoms with E-state index in [0.717, 1.165) is 12.8 Å². The average molecular weight is 469 g/mol. The van der Waals surface area contributed by atoms with Crippen LogP contribution in [0.25, 0.3) is 0 Å². The van der Waals surface area contributed by atoms with Gasteiger partial charge in [-0.3, -0.25) is 12.2 Å². The molecule has 0 aromatic rings. The fraction of sp³-hybridized carbons (Fsp3) is 0.579. The molecule has 0 aliphatic heterocycles. The van der Waals surface area contributed by atoms with Crippen molar-refractivity contribution in [1.29, 1.82) is 0 Å². The van der Waals surface area contributed by atoms with Crippen molar-refractivity contribution in [2.24, 2.45) is 0 Å². The van der Waals surface area contributed by atoms with Crippen LogP contribution < -0.4 is 0 Å². The van der Waals surface area contributed by atoms with Crippen LogP contribution in [0.5, 0.6) is 0 Å². The molecule has 0 aromatic heterocycles. The third-order valence-corrected chi connectivity index (χ3v) is 61.9. The van der Waals surface area contributed by atoms with Gasteiger partial charge in [-0.15, -0.1) is 12.8 Å². The van der Waals surface area contributed by atoms with Gasteiger partial charge in [0.15, 0.2) is 0 Å². The molecular weight excluding hydrogens is 432 g/mol. The Morgan fingerprint density at radius 2 is 0.917 bits per heavy atom. The summed E-state index contributed by atoms with van der Waals surface area (Å²) in [7, 11) is -2.47. The fourth-order valence-electron chi connectivity index (χ4n) is 4.06. The van der Waals surface area contributed by atoms with E-state index in [1.807, 2.05) is 24.3 Å². The number of rotatable bonds is 3. The third kappa shape index (κ3) is 13.0. The molecule has 5 heteroatoms. The van der Waals surface area contributed by atoms with E-state index < -0.39 is 22.8 Å². The SMILES string of the molecule is C[Si](C)(C)[Si]([Si](C)(C)C)[Si](C)(C)C.[C-]1=CC=CC1.[C-]1=CC=CC1.[Zr+2]. The van der Waals surface area contributed by atoms with Crippen LogP contribution in [-0.2, 0) is 26.2 Å². The molecule has 0 aromatic carbocycles. The summed E-state index contributed by atoms with van der Waals surface area (Å²) in [5, 5.41) is 0. The van der Waals surface area contributed by atoms with Crippen LogP contribution in [0.1, 0.15) is 12.8 Å². The maximum atomic E-state index is 2.99. The van der Waals surface area contributed by atoms with Crippen molar-refractivity contribution in [2.45, 2.75) is 71.8 Å². The zero-order chi connectivity index (χ0) is 18.1. The van der Waals surface area contributed by atoms with Gasteiger partial charge in [-0.25, -0.2) is 24.3 Å². The van der Waals surface area contributed by atoms with Crippen molar-refractivity contribution in [2.75, 3.05) is 0 Å². The molecule has 0 saturated heterocycles. The first-order valence-electron chi connectivity index (χ1n) is 8.68. The van der Waals surface area contributed by atoms with Gasteiger partial charge in [0.1, 0.15) is 0 Å². The second kappa shape index (κ2) is 12.2. The van der Waals surface area contributed by atoms with Crippen LogP contribution in [-0.4, -0.2) is 30.1 Å². The molecule has 0 N–H and O–H groups in total. The Kier molecular flexibility index (Phi) is 13.6. The zero-order valence-corrected chi connectivity index (χ0v) is 23.8. The molecule has 0 nitrogen and oxygen atoms in total. The molecule has 24 heavy (non-hydrogen) atoms. The van der Waals surface area contributed by atoms with Gasteiger partial charge in [0.25, 0.3) is 0 Å². The summed E-state index contributed by atoms with van der Waals surface area (Å²) in [4.78, 5) is 0. The smallest absolute Gasteiger partial charge is 0.273 e. The fourth-order valence-corrected chi connectivity index (χ4v) is 91.8. The number of hydrogen-bond acceptors (Lipinski definition) is 0. The molecule has 0 unspecified atom stereocenters. The van der Waals surface area contributed by atoms with Gasteiger partial charge in [-0.1, -0.05) is 58.9 Å². The predicted molar refractivity (Wildman–Crippen MR) is 119 cm³/mol. The molecule has 0 bridgehead atoms.